The second kappa shape index (κ2) is 6.60. The number of rotatable bonds is 6. The number of aryl methyl sites for hydroxylation is 2. The summed E-state index contributed by atoms with van der Waals surface area (Å²) in [6.07, 6.45) is 4.78. The summed E-state index contributed by atoms with van der Waals surface area (Å²) in [5.74, 6) is 3.41. The molecule has 0 bridgehead atoms. The number of aliphatic hydroxyl groups excluding tert-OH is 1. The van der Waals surface area contributed by atoms with Crippen molar-refractivity contribution in [1.29, 1.82) is 0 Å². The summed E-state index contributed by atoms with van der Waals surface area (Å²) < 4.78 is 5.59. The van der Waals surface area contributed by atoms with Crippen LogP contribution in [-0.4, -0.2) is 29.9 Å². The van der Waals surface area contributed by atoms with Gasteiger partial charge in [0.25, 0.3) is 0 Å². The minimum atomic E-state index is -0.589. The predicted molar refractivity (Wildman–Crippen MR) is 78.3 cm³/mol. The van der Waals surface area contributed by atoms with Gasteiger partial charge in [0.15, 0.2) is 0 Å². The van der Waals surface area contributed by atoms with E-state index in [4.69, 9.17) is 11.2 Å². The molecule has 0 aliphatic rings. The van der Waals surface area contributed by atoms with Gasteiger partial charge in [0, 0.05) is 6.54 Å². The molecule has 1 atom stereocenters. The molecular weight excluding hydrogens is 238 g/mol. The van der Waals surface area contributed by atoms with Crippen molar-refractivity contribution in [3.8, 4) is 18.1 Å². The average molecular weight is 261 g/mol. The van der Waals surface area contributed by atoms with Crippen LogP contribution in [0.4, 0.5) is 0 Å². The first-order valence-corrected chi connectivity index (χ1v) is 6.44. The Labute approximate surface area is 116 Å². The van der Waals surface area contributed by atoms with Gasteiger partial charge in [-0.25, -0.2) is 0 Å². The molecule has 0 fully saturated rings. The number of ether oxygens (including phenoxy) is 1. The monoisotopic (exact) mass is 261 g/mol. The summed E-state index contributed by atoms with van der Waals surface area (Å²) in [4.78, 5) is 0. The molecule has 0 saturated heterocycles. The van der Waals surface area contributed by atoms with Crippen LogP contribution >= 0.6 is 0 Å². The van der Waals surface area contributed by atoms with Crippen LogP contribution in [0.3, 0.4) is 0 Å². The second-order valence-corrected chi connectivity index (χ2v) is 5.44. The fourth-order valence-electron chi connectivity index (χ4n) is 1.69. The normalized spacial score (nSPS) is 12.8. The molecule has 3 heteroatoms. The lowest BCUT2D eigenvalue weighted by Gasteiger charge is -2.22. The largest absolute Gasteiger partial charge is 0.491 e. The molecule has 2 N–H and O–H groups in total. The van der Waals surface area contributed by atoms with E-state index in [2.05, 4.69) is 17.3 Å². The fraction of sp³-hybridized carbons (Fsp3) is 0.500. The van der Waals surface area contributed by atoms with Crippen molar-refractivity contribution in [2.24, 2.45) is 0 Å². The molecule has 1 aromatic carbocycles. The van der Waals surface area contributed by atoms with Crippen LogP contribution in [0, 0.1) is 26.2 Å². The van der Waals surface area contributed by atoms with E-state index in [9.17, 15) is 5.11 Å². The molecule has 3 nitrogen and oxygen atoms in total. The molecule has 0 heterocycles. The van der Waals surface area contributed by atoms with E-state index in [-0.39, 0.29) is 6.61 Å². The maximum Gasteiger partial charge on any atom is 0.119 e. The Morgan fingerprint density at radius 2 is 1.89 bits per heavy atom. The Bertz CT molecular complexity index is 440. The van der Waals surface area contributed by atoms with E-state index in [1.165, 1.54) is 0 Å². The molecule has 0 aliphatic carbocycles. The second-order valence-electron chi connectivity index (χ2n) is 5.44. The number of aliphatic hydroxyl groups is 1. The van der Waals surface area contributed by atoms with Gasteiger partial charge in [-0.3, -0.25) is 5.32 Å². The van der Waals surface area contributed by atoms with Crippen LogP contribution in [0.2, 0.25) is 0 Å². The van der Waals surface area contributed by atoms with Gasteiger partial charge in [0.1, 0.15) is 18.5 Å². The highest BCUT2D eigenvalue weighted by Crippen LogP contribution is 2.16. The van der Waals surface area contributed by atoms with Crippen molar-refractivity contribution in [2.75, 3.05) is 13.2 Å². The van der Waals surface area contributed by atoms with Gasteiger partial charge >= 0.3 is 0 Å². The van der Waals surface area contributed by atoms with Gasteiger partial charge < -0.3 is 9.84 Å². The van der Waals surface area contributed by atoms with Crippen LogP contribution in [0.1, 0.15) is 25.0 Å². The van der Waals surface area contributed by atoms with Crippen molar-refractivity contribution in [3.63, 3.8) is 0 Å². The van der Waals surface area contributed by atoms with E-state index >= 15 is 0 Å². The summed E-state index contributed by atoms with van der Waals surface area (Å²) in [5, 5.41) is 13.0. The zero-order valence-electron chi connectivity index (χ0n) is 12.2. The highest BCUT2D eigenvalue weighted by atomic mass is 16.5. The van der Waals surface area contributed by atoms with Crippen molar-refractivity contribution >= 4 is 0 Å². The van der Waals surface area contributed by atoms with Crippen molar-refractivity contribution in [1.82, 2.24) is 5.32 Å². The third-order valence-electron chi connectivity index (χ3n) is 2.78. The summed E-state index contributed by atoms with van der Waals surface area (Å²) in [6, 6.07) is 6.00. The Balaban J connectivity index is 2.42. The molecule has 0 saturated carbocycles. The summed E-state index contributed by atoms with van der Waals surface area (Å²) in [6.45, 7) is 8.48. The lowest BCUT2D eigenvalue weighted by atomic mass is 10.1. The summed E-state index contributed by atoms with van der Waals surface area (Å²) in [5.41, 5.74) is 1.88. The Kier molecular flexibility index (Phi) is 5.41. The van der Waals surface area contributed by atoms with Crippen LogP contribution in [0.25, 0.3) is 0 Å². The number of hydrogen-bond donors (Lipinski definition) is 2. The molecule has 19 heavy (non-hydrogen) atoms. The summed E-state index contributed by atoms with van der Waals surface area (Å²) in [7, 11) is 0. The Morgan fingerprint density at radius 1 is 1.32 bits per heavy atom. The number of terminal acetylenes is 1. The lowest BCUT2D eigenvalue weighted by Crippen LogP contribution is -2.43. The first kappa shape index (κ1) is 15.6. The Hall–Kier alpha value is -1.50. The topological polar surface area (TPSA) is 41.5 Å². The predicted octanol–water partition coefficient (Wildman–Crippen LogP) is 2.04. The third kappa shape index (κ3) is 5.78. The van der Waals surface area contributed by atoms with Crippen molar-refractivity contribution in [2.45, 2.75) is 39.3 Å². The van der Waals surface area contributed by atoms with Gasteiger partial charge in [-0.05, 0) is 51.0 Å². The molecule has 0 amide bonds. The standard InChI is InChI=1S/C16H23NO2/c1-6-16(4,5)17-10-14(18)11-19-15-8-12(2)7-13(3)9-15/h1,7-9,14,17-18H,10-11H2,2-5H3. The van der Waals surface area contributed by atoms with E-state index in [0.29, 0.717) is 6.54 Å². The molecule has 0 spiro atoms. The maximum atomic E-state index is 9.85. The van der Waals surface area contributed by atoms with Crippen LogP contribution < -0.4 is 10.1 Å². The zero-order chi connectivity index (χ0) is 14.5. The average Bonchev–Trinajstić information content (AvgIpc) is 2.33. The molecule has 1 aromatic rings. The van der Waals surface area contributed by atoms with Gasteiger partial charge in [0.2, 0.25) is 0 Å². The maximum absolute atomic E-state index is 9.85. The van der Waals surface area contributed by atoms with Gasteiger partial charge in [-0.15, -0.1) is 6.42 Å². The van der Waals surface area contributed by atoms with E-state index < -0.39 is 11.6 Å². The molecular formula is C16H23NO2. The Morgan fingerprint density at radius 3 is 2.42 bits per heavy atom. The molecule has 1 rings (SSSR count). The minimum absolute atomic E-state index is 0.247. The highest BCUT2D eigenvalue weighted by molar-refractivity contribution is 5.32. The highest BCUT2D eigenvalue weighted by Gasteiger charge is 2.15. The van der Waals surface area contributed by atoms with E-state index in [1.54, 1.807) is 0 Å². The third-order valence-corrected chi connectivity index (χ3v) is 2.78. The first-order chi connectivity index (χ1) is 8.82. The van der Waals surface area contributed by atoms with Gasteiger partial charge in [0.05, 0.1) is 5.54 Å². The molecule has 104 valence electrons. The van der Waals surface area contributed by atoms with Crippen LogP contribution in [0.15, 0.2) is 18.2 Å². The number of nitrogens with one attached hydrogen (secondary N) is 1. The zero-order valence-corrected chi connectivity index (χ0v) is 12.2. The number of benzene rings is 1. The quantitative estimate of drug-likeness (QED) is 0.770. The van der Waals surface area contributed by atoms with Gasteiger partial charge in [-0.2, -0.15) is 0 Å². The van der Waals surface area contributed by atoms with Crippen LogP contribution in [0.5, 0.6) is 5.75 Å². The van der Waals surface area contributed by atoms with E-state index in [1.807, 2.05) is 39.8 Å². The molecule has 1 unspecified atom stereocenters. The van der Waals surface area contributed by atoms with Gasteiger partial charge in [-0.1, -0.05) is 12.0 Å². The smallest absolute Gasteiger partial charge is 0.119 e. The number of hydrogen-bond acceptors (Lipinski definition) is 3. The molecule has 0 aliphatic heterocycles. The molecule has 0 aromatic heterocycles. The van der Waals surface area contributed by atoms with Crippen LogP contribution in [-0.2, 0) is 0 Å². The lowest BCUT2D eigenvalue weighted by molar-refractivity contribution is 0.102. The van der Waals surface area contributed by atoms with E-state index in [0.717, 1.165) is 16.9 Å². The van der Waals surface area contributed by atoms with Crippen molar-refractivity contribution in [3.05, 3.63) is 29.3 Å². The fourth-order valence-corrected chi connectivity index (χ4v) is 1.69. The summed E-state index contributed by atoms with van der Waals surface area (Å²) >= 11 is 0. The molecule has 0 radical (unpaired) electrons. The number of β-amino-alcohol motifs (C(OH)–C–C–N with tert-alkyl or cyclic N) is 1. The first-order valence-electron chi connectivity index (χ1n) is 6.44. The SMILES string of the molecule is C#CC(C)(C)NCC(O)COc1cc(C)cc(C)c1. The van der Waals surface area contributed by atoms with Crippen molar-refractivity contribution < 1.29 is 9.84 Å². The minimum Gasteiger partial charge on any atom is -0.491 e.